The van der Waals surface area contributed by atoms with Gasteiger partial charge in [-0.05, 0) is 43.9 Å². The molecule has 1 saturated carbocycles. The summed E-state index contributed by atoms with van der Waals surface area (Å²) in [6.45, 7) is 3.33. The third kappa shape index (κ3) is 3.01. The number of hydrogen-bond donors (Lipinski definition) is 1. The first-order valence-corrected chi connectivity index (χ1v) is 8.92. The maximum atomic E-state index is 12.7. The molecule has 0 bridgehead atoms. The molecular formula is C19H24N4O2. The number of nitrogens with one attached hydrogen (secondary N) is 1. The molecule has 0 spiro atoms. The minimum absolute atomic E-state index is 0.00306. The number of ether oxygens (including phenoxy) is 1. The van der Waals surface area contributed by atoms with E-state index in [0.717, 1.165) is 43.1 Å². The number of rotatable bonds is 5. The van der Waals surface area contributed by atoms with Crippen molar-refractivity contribution in [1.82, 2.24) is 20.1 Å². The fraction of sp³-hybridized carbons (Fsp3) is 0.526. The SMILES string of the molecule is COc1cccc(C2(CNC(=O)C3CCc4nnc(C)n4C3)CC2)c1. The van der Waals surface area contributed by atoms with Crippen molar-refractivity contribution in [3.05, 3.63) is 41.5 Å². The molecular weight excluding hydrogens is 316 g/mol. The van der Waals surface area contributed by atoms with Crippen LogP contribution in [0.25, 0.3) is 0 Å². The Morgan fingerprint density at radius 3 is 3.00 bits per heavy atom. The van der Waals surface area contributed by atoms with Crippen molar-refractivity contribution in [2.24, 2.45) is 5.92 Å². The molecule has 1 aliphatic heterocycles. The molecule has 1 fully saturated rings. The molecule has 1 atom stereocenters. The van der Waals surface area contributed by atoms with Crippen LogP contribution in [0.1, 0.15) is 36.5 Å². The summed E-state index contributed by atoms with van der Waals surface area (Å²) in [5, 5.41) is 11.5. The first-order chi connectivity index (χ1) is 12.1. The Labute approximate surface area is 147 Å². The van der Waals surface area contributed by atoms with Crippen LogP contribution in [0.5, 0.6) is 5.75 Å². The van der Waals surface area contributed by atoms with Crippen molar-refractivity contribution in [3.63, 3.8) is 0 Å². The highest BCUT2D eigenvalue weighted by molar-refractivity contribution is 5.79. The Morgan fingerprint density at radius 1 is 1.40 bits per heavy atom. The first kappa shape index (κ1) is 16.1. The molecule has 1 amide bonds. The molecule has 1 aromatic heterocycles. The second-order valence-electron chi connectivity index (χ2n) is 7.24. The van der Waals surface area contributed by atoms with Crippen LogP contribution in [-0.4, -0.2) is 34.3 Å². The van der Waals surface area contributed by atoms with Crippen LogP contribution in [0, 0.1) is 12.8 Å². The van der Waals surface area contributed by atoms with E-state index in [1.807, 2.05) is 19.1 Å². The van der Waals surface area contributed by atoms with Gasteiger partial charge >= 0.3 is 0 Å². The van der Waals surface area contributed by atoms with Crippen LogP contribution in [-0.2, 0) is 23.2 Å². The largest absolute Gasteiger partial charge is 0.497 e. The van der Waals surface area contributed by atoms with E-state index in [1.54, 1.807) is 7.11 Å². The molecule has 6 nitrogen and oxygen atoms in total. The minimum atomic E-state index is 0.00306. The van der Waals surface area contributed by atoms with Gasteiger partial charge in [-0.2, -0.15) is 0 Å². The lowest BCUT2D eigenvalue weighted by Crippen LogP contribution is -2.39. The highest BCUT2D eigenvalue weighted by Crippen LogP contribution is 2.48. The van der Waals surface area contributed by atoms with Gasteiger partial charge in [0.2, 0.25) is 5.91 Å². The number of carbonyl (C=O) groups excluding carboxylic acids is 1. The van der Waals surface area contributed by atoms with Crippen molar-refractivity contribution < 1.29 is 9.53 Å². The molecule has 2 aliphatic rings. The number of benzene rings is 1. The van der Waals surface area contributed by atoms with Gasteiger partial charge in [-0.3, -0.25) is 4.79 Å². The molecule has 6 heteroatoms. The second kappa shape index (κ2) is 6.17. The quantitative estimate of drug-likeness (QED) is 0.904. The van der Waals surface area contributed by atoms with Crippen molar-refractivity contribution in [3.8, 4) is 5.75 Å². The lowest BCUT2D eigenvalue weighted by atomic mass is 9.94. The summed E-state index contributed by atoms with van der Waals surface area (Å²) < 4.78 is 7.41. The number of aryl methyl sites for hydroxylation is 2. The molecule has 4 rings (SSSR count). The summed E-state index contributed by atoms with van der Waals surface area (Å²) >= 11 is 0. The average molecular weight is 340 g/mol. The summed E-state index contributed by atoms with van der Waals surface area (Å²) in [5.74, 6) is 2.91. The first-order valence-electron chi connectivity index (χ1n) is 8.92. The van der Waals surface area contributed by atoms with E-state index in [1.165, 1.54) is 5.56 Å². The zero-order valence-corrected chi connectivity index (χ0v) is 14.8. The van der Waals surface area contributed by atoms with E-state index in [0.29, 0.717) is 13.1 Å². The molecule has 132 valence electrons. The van der Waals surface area contributed by atoms with Gasteiger partial charge in [-0.1, -0.05) is 12.1 Å². The second-order valence-corrected chi connectivity index (χ2v) is 7.24. The summed E-state index contributed by atoms with van der Waals surface area (Å²) in [4.78, 5) is 12.7. The van der Waals surface area contributed by atoms with Crippen molar-refractivity contribution in [2.75, 3.05) is 13.7 Å². The smallest absolute Gasteiger partial charge is 0.224 e. The van der Waals surface area contributed by atoms with E-state index in [9.17, 15) is 4.79 Å². The number of carbonyl (C=O) groups is 1. The number of fused-ring (bicyclic) bond motifs is 1. The van der Waals surface area contributed by atoms with Crippen LogP contribution < -0.4 is 10.1 Å². The summed E-state index contributed by atoms with van der Waals surface area (Å²) in [5.41, 5.74) is 1.34. The fourth-order valence-electron chi connectivity index (χ4n) is 3.75. The molecule has 0 saturated heterocycles. The van der Waals surface area contributed by atoms with Gasteiger partial charge in [0.05, 0.1) is 13.0 Å². The van der Waals surface area contributed by atoms with Crippen molar-refractivity contribution >= 4 is 5.91 Å². The lowest BCUT2D eigenvalue weighted by molar-refractivity contribution is -0.126. The Hall–Kier alpha value is -2.37. The van der Waals surface area contributed by atoms with Crippen LogP contribution in [0.2, 0.25) is 0 Å². The number of aromatic nitrogens is 3. The van der Waals surface area contributed by atoms with E-state index < -0.39 is 0 Å². The number of hydrogen-bond acceptors (Lipinski definition) is 4. The van der Waals surface area contributed by atoms with Gasteiger partial charge < -0.3 is 14.6 Å². The summed E-state index contributed by atoms with van der Waals surface area (Å²) in [7, 11) is 1.69. The zero-order chi connectivity index (χ0) is 17.4. The Morgan fingerprint density at radius 2 is 2.24 bits per heavy atom. The highest BCUT2D eigenvalue weighted by atomic mass is 16.5. The topological polar surface area (TPSA) is 69.0 Å². The van der Waals surface area contributed by atoms with E-state index in [-0.39, 0.29) is 17.2 Å². The maximum absolute atomic E-state index is 12.7. The minimum Gasteiger partial charge on any atom is -0.497 e. The summed E-state index contributed by atoms with van der Waals surface area (Å²) in [6.07, 6.45) is 3.88. The highest BCUT2D eigenvalue weighted by Gasteiger charge is 2.44. The van der Waals surface area contributed by atoms with E-state index in [2.05, 4.69) is 32.2 Å². The van der Waals surface area contributed by atoms with Gasteiger partial charge in [0, 0.05) is 24.9 Å². The molecule has 1 aromatic carbocycles. The van der Waals surface area contributed by atoms with Gasteiger partial charge in [0.15, 0.2) is 0 Å². The Balaban J connectivity index is 1.40. The van der Waals surface area contributed by atoms with Crippen LogP contribution in [0.15, 0.2) is 24.3 Å². The molecule has 0 radical (unpaired) electrons. The van der Waals surface area contributed by atoms with Gasteiger partial charge in [0.1, 0.15) is 17.4 Å². The van der Waals surface area contributed by atoms with E-state index in [4.69, 9.17) is 4.74 Å². The van der Waals surface area contributed by atoms with Crippen molar-refractivity contribution in [2.45, 2.75) is 44.6 Å². The third-order valence-corrected chi connectivity index (χ3v) is 5.64. The van der Waals surface area contributed by atoms with Gasteiger partial charge in [-0.25, -0.2) is 0 Å². The molecule has 25 heavy (non-hydrogen) atoms. The predicted molar refractivity (Wildman–Crippen MR) is 93.5 cm³/mol. The monoisotopic (exact) mass is 340 g/mol. The molecule has 2 heterocycles. The fourth-order valence-corrected chi connectivity index (χ4v) is 3.75. The van der Waals surface area contributed by atoms with Crippen LogP contribution >= 0.6 is 0 Å². The number of nitrogens with zero attached hydrogens (tertiary/aromatic N) is 3. The standard InChI is InChI=1S/C19H24N4O2/c1-13-21-22-17-7-6-14(11-23(13)17)18(24)20-12-19(8-9-19)15-4-3-5-16(10-15)25-2/h3-5,10,14H,6-9,11-12H2,1-2H3,(H,20,24). The predicted octanol–water partition coefficient (Wildman–Crippen LogP) is 2.01. The normalized spacial score (nSPS) is 20.6. The third-order valence-electron chi connectivity index (χ3n) is 5.64. The summed E-state index contributed by atoms with van der Waals surface area (Å²) in [6, 6.07) is 8.20. The van der Waals surface area contributed by atoms with Gasteiger partial charge in [-0.15, -0.1) is 10.2 Å². The number of amides is 1. The van der Waals surface area contributed by atoms with Crippen molar-refractivity contribution in [1.29, 1.82) is 0 Å². The molecule has 2 aromatic rings. The van der Waals surface area contributed by atoms with E-state index >= 15 is 0 Å². The Bertz CT molecular complexity index is 794. The molecule has 1 N–H and O–H groups in total. The number of methoxy groups -OCH3 is 1. The zero-order valence-electron chi connectivity index (χ0n) is 14.8. The molecule has 1 aliphatic carbocycles. The maximum Gasteiger partial charge on any atom is 0.224 e. The van der Waals surface area contributed by atoms with Gasteiger partial charge in [0.25, 0.3) is 0 Å². The lowest BCUT2D eigenvalue weighted by Gasteiger charge is -2.25. The molecule has 1 unspecified atom stereocenters. The average Bonchev–Trinajstić information content (AvgIpc) is 3.37. The van der Waals surface area contributed by atoms with Crippen LogP contribution in [0.3, 0.4) is 0 Å². The Kier molecular flexibility index (Phi) is 3.98. The van der Waals surface area contributed by atoms with Crippen LogP contribution in [0.4, 0.5) is 0 Å².